The van der Waals surface area contributed by atoms with Crippen LogP contribution in [0.1, 0.15) is 76.0 Å². The molecule has 0 radical (unpaired) electrons. The molecule has 1 aliphatic rings. The predicted molar refractivity (Wildman–Crippen MR) is 180 cm³/mol. The van der Waals surface area contributed by atoms with E-state index in [9.17, 15) is 31.6 Å². The van der Waals surface area contributed by atoms with Gasteiger partial charge in [0.25, 0.3) is 5.91 Å². The second kappa shape index (κ2) is 18.7. The van der Waals surface area contributed by atoms with Crippen LogP contribution in [0.4, 0.5) is 8.78 Å². The van der Waals surface area contributed by atoms with Gasteiger partial charge in [0.1, 0.15) is 29.5 Å². The number of hydrogen-bond donors (Lipinski definition) is 4. The molecule has 2 aromatic rings. The molecule has 0 fully saturated rings. The summed E-state index contributed by atoms with van der Waals surface area (Å²) in [6.45, 7) is 6.17. The van der Waals surface area contributed by atoms with E-state index in [0.717, 1.165) is 35.7 Å². The SMILES string of the molecule is CCCC(CCC)S(=O)(=O)C[C@H](NC(=O)C1=NNC(=O)CC1)C(=O)O[C@H](CNCc1cccc(CC)c1)[C@@H](N)Cc1cc(F)cc(F)c1. The Labute approximate surface area is 281 Å². The van der Waals surface area contributed by atoms with Crippen molar-refractivity contribution < 1.29 is 36.3 Å². The van der Waals surface area contributed by atoms with Crippen molar-refractivity contribution in [2.24, 2.45) is 10.8 Å². The fourth-order valence-corrected chi connectivity index (χ4v) is 7.67. The number of benzene rings is 2. The number of amides is 2. The molecule has 2 aromatic carbocycles. The lowest BCUT2D eigenvalue weighted by atomic mass is 10.0. The van der Waals surface area contributed by atoms with E-state index in [1.165, 1.54) is 0 Å². The molecule has 0 bridgehead atoms. The molecule has 264 valence electrons. The summed E-state index contributed by atoms with van der Waals surface area (Å²) in [5.74, 6) is -4.54. The summed E-state index contributed by atoms with van der Waals surface area (Å²) in [6.07, 6.45) is 1.65. The molecular formula is C34H47F2N5O6S. The van der Waals surface area contributed by atoms with Crippen LogP contribution in [0.25, 0.3) is 0 Å². The number of rotatable bonds is 19. The van der Waals surface area contributed by atoms with Crippen LogP contribution in [0.15, 0.2) is 47.6 Å². The number of nitrogens with one attached hydrogen (secondary N) is 3. The molecule has 11 nitrogen and oxygen atoms in total. The van der Waals surface area contributed by atoms with Crippen LogP contribution in [0.3, 0.4) is 0 Å². The van der Waals surface area contributed by atoms with Crippen molar-refractivity contribution in [3.05, 3.63) is 70.8 Å². The van der Waals surface area contributed by atoms with E-state index < -0.39 is 62.5 Å². The average Bonchev–Trinajstić information content (AvgIpc) is 3.03. The molecule has 1 aliphatic heterocycles. The van der Waals surface area contributed by atoms with Crippen molar-refractivity contribution in [3.8, 4) is 0 Å². The van der Waals surface area contributed by atoms with Gasteiger partial charge in [0.2, 0.25) is 5.91 Å². The van der Waals surface area contributed by atoms with Crippen LogP contribution in [0.2, 0.25) is 0 Å². The van der Waals surface area contributed by atoms with Gasteiger partial charge in [0, 0.05) is 38.0 Å². The molecule has 0 saturated heterocycles. The lowest BCUT2D eigenvalue weighted by Crippen LogP contribution is -2.53. The van der Waals surface area contributed by atoms with Crippen molar-refractivity contribution in [2.45, 2.75) is 102 Å². The van der Waals surface area contributed by atoms with Crippen LogP contribution in [0.5, 0.6) is 0 Å². The summed E-state index contributed by atoms with van der Waals surface area (Å²) >= 11 is 0. The van der Waals surface area contributed by atoms with Gasteiger partial charge >= 0.3 is 5.97 Å². The van der Waals surface area contributed by atoms with Crippen molar-refractivity contribution in [2.75, 3.05) is 12.3 Å². The first-order chi connectivity index (χ1) is 22.8. The fraction of sp³-hybridized carbons (Fsp3) is 0.529. The Kier molecular flexibility index (Phi) is 15.1. The fourth-order valence-electron chi connectivity index (χ4n) is 5.53. The van der Waals surface area contributed by atoms with Gasteiger partial charge in [-0.2, -0.15) is 5.10 Å². The Hall–Kier alpha value is -3.75. The summed E-state index contributed by atoms with van der Waals surface area (Å²) in [4.78, 5) is 38.5. The highest BCUT2D eigenvalue weighted by atomic mass is 32.2. The Morgan fingerprint density at radius 2 is 1.67 bits per heavy atom. The Morgan fingerprint density at radius 3 is 2.27 bits per heavy atom. The van der Waals surface area contributed by atoms with Crippen LogP contribution < -0.4 is 21.8 Å². The summed E-state index contributed by atoms with van der Waals surface area (Å²) < 4.78 is 60.9. The van der Waals surface area contributed by atoms with E-state index in [2.05, 4.69) is 21.2 Å². The number of hydrazone groups is 1. The number of aryl methyl sites for hydroxylation is 1. The number of hydrogen-bond acceptors (Lipinski definition) is 9. The molecule has 5 N–H and O–H groups in total. The van der Waals surface area contributed by atoms with Gasteiger partial charge < -0.3 is 21.1 Å². The maximum absolute atomic E-state index is 14.0. The highest BCUT2D eigenvalue weighted by Crippen LogP contribution is 2.19. The van der Waals surface area contributed by atoms with Crippen LogP contribution in [-0.4, -0.2) is 67.6 Å². The van der Waals surface area contributed by atoms with Gasteiger partial charge in [-0.3, -0.25) is 9.59 Å². The standard InChI is InChI=1S/C34H47F2N5O6S/c1-4-8-27(9-5-2)48(45,46)21-30(39-33(43)29-12-13-32(42)41-40-29)34(44)47-31(20-38-19-23-11-7-10-22(6-3)14-23)28(37)17-24-15-25(35)18-26(36)16-24/h7,10-11,14-16,18,27-28,30-31,38H,4-6,8-9,12-13,17,19-21,37H2,1-3H3,(H,39,43)(H,41,42)/t28-,30-,31+/m0/s1. The van der Waals surface area contributed by atoms with E-state index >= 15 is 0 Å². The monoisotopic (exact) mass is 691 g/mol. The van der Waals surface area contributed by atoms with Gasteiger partial charge in [-0.1, -0.05) is 57.9 Å². The second-order valence-corrected chi connectivity index (χ2v) is 14.4. The number of ether oxygens (including phenoxy) is 1. The van der Waals surface area contributed by atoms with Crippen LogP contribution in [0, 0.1) is 11.6 Å². The van der Waals surface area contributed by atoms with Crippen molar-refractivity contribution in [3.63, 3.8) is 0 Å². The number of sulfone groups is 1. The van der Waals surface area contributed by atoms with E-state index in [4.69, 9.17) is 10.5 Å². The summed E-state index contributed by atoms with van der Waals surface area (Å²) in [6, 6.07) is 8.29. The molecule has 14 heteroatoms. The molecule has 48 heavy (non-hydrogen) atoms. The summed E-state index contributed by atoms with van der Waals surface area (Å²) in [5.41, 5.74) is 11.0. The van der Waals surface area contributed by atoms with E-state index in [1.807, 2.05) is 45.0 Å². The number of carbonyl (C=O) groups excluding carboxylic acids is 3. The minimum absolute atomic E-state index is 0.000819. The molecule has 3 atom stereocenters. The zero-order valence-electron chi connectivity index (χ0n) is 27.8. The topological polar surface area (TPSA) is 169 Å². The normalized spacial score (nSPS) is 15.3. The quantitative estimate of drug-likeness (QED) is 0.163. The van der Waals surface area contributed by atoms with E-state index in [-0.39, 0.29) is 43.0 Å². The van der Waals surface area contributed by atoms with Gasteiger partial charge in [-0.15, -0.1) is 0 Å². The Bertz CT molecular complexity index is 1530. The third-order valence-electron chi connectivity index (χ3n) is 8.10. The van der Waals surface area contributed by atoms with Gasteiger partial charge in [-0.05, 0) is 54.5 Å². The predicted octanol–water partition coefficient (Wildman–Crippen LogP) is 3.23. The maximum Gasteiger partial charge on any atom is 0.330 e. The van der Waals surface area contributed by atoms with Crippen LogP contribution in [-0.2, 0) is 48.3 Å². The largest absolute Gasteiger partial charge is 0.458 e. The highest BCUT2D eigenvalue weighted by Gasteiger charge is 2.36. The molecule has 2 amide bonds. The minimum atomic E-state index is -3.91. The first-order valence-corrected chi connectivity index (χ1v) is 18.1. The van der Waals surface area contributed by atoms with Gasteiger partial charge in [0.15, 0.2) is 9.84 Å². The van der Waals surface area contributed by atoms with Crippen molar-refractivity contribution in [1.82, 2.24) is 16.1 Å². The smallest absolute Gasteiger partial charge is 0.330 e. The average molecular weight is 692 g/mol. The van der Waals surface area contributed by atoms with Gasteiger partial charge in [0.05, 0.1) is 11.0 Å². The molecule has 0 unspecified atom stereocenters. The third kappa shape index (κ3) is 12.0. The minimum Gasteiger partial charge on any atom is -0.458 e. The molecule has 0 spiro atoms. The number of halogens is 2. The molecule has 3 rings (SSSR count). The molecule has 0 saturated carbocycles. The summed E-state index contributed by atoms with van der Waals surface area (Å²) in [7, 11) is -3.91. The summed E-state index contributed by atoms with van der Waals surface area (Å²) in [5, 5.41) is 8.71. The van der Waals surface area contributed by atoms with Crippen LogP contribution >= 0.6 is 0 Å². The van der Waals surface area contributed by atoms with Gasteiger partial charge in [-0.25, -0.2) is 27.4 Å². The number of nitrogens with two attached hydrogens (primary N) is 1. The first kappa shape index (κ1) is 38.7. The zero-order chi connectivity index (χ0) is 35.3. The zero-order valence-corrected chi connectivity index (χ0v) is 28.6. The Balaban J connectivity index is 1.88. The van der Waals surface area contributed by atoms with E-state index in [0.29, 0.717) is 32.2 Å². The molecule has 0 aliphatic carbocycles. The molecular weight excluding hydrogens is 644 g/mol. The van der Waals surface area contributed by atoms with Crippen molar-refractivity contribution in [1.29, 1.82) is 0 Å². The number of esters is 1. The molecule has 1 heterocycles. The number of nitrogens with zero attached hydrogens (tertiary/aromatic N) is 1. The highest BCUT2D eigenvalue weighted by molar-refractivity contribution is 7.92. The molecule has 0 aromatic heterocycles. The maximum atomic E-state index is 14.0. The van der Waals surface area contributed by atoms with Crippen molar-refractivity contribution >= 4 is 33.3 Å². The van der Waals surface area contributed by atoms with E-state index in [1.54, 1.807) is 0 Å². The first-order valence-electron chi connectivity index (χ1n) is 16.4. The number of carbonyl (C=O) groups is 3. The third-order valence-corrected chi connectivity index (χ3v) is 10.4. The second-order valence-electron chi connectivity index (χ2n) is 12.1. The lowest BCUT2D eigenvalue weighted by molar-refractivity contribution is -0.152. The lowest BCUT2D eigenvalue weighted by Gasteiger charge is -2.28. The Morgan fingerprint density at radius 1 is 1.00 bits per heavy atom.